The SMILES string of the molecule is CO.CO.O.O.O.O.O.O.O=C([O-])c1cccc(C(=O)[O-])n1.O=C([O-])c1cccc(C(=O)[O-])n1.O=C([O-])c1cccc(C(=O)[O-])n1.O=C([O-])c1cccc(C(=O)[O-])n1.O=C([O-])c1cccc(C(=O)[O-])n1.O=C([O-])c1cccc(C(=O)[O-])n1.[Mn+2].[Mn+2].[Mn+3].[Mn+3].[OH3+].[OH3+]. The minimum absolute atomic E-state index is 0. The third-order valence-corrected chi connectivity index (χ3v) is 7.00. The summed E-state index contributed by atoms with van der Waals surface area (Å²) in [5.74, 6) is -18.2. The summed E-state index contributed by atoms with van der Waals surface area (Å²) in [7, 11) is 2.00. The van der Waals surface area contributed by atoms with Crippen molar-refractivity contribution in [3.8, 4) is 0 Å². The number of aliphatic hydroxyl groups is 2. The Hall–Kier alpha value is -9.78. The first-order chi connectivity index (χ1) is 35.7. The third-order valence-electron chi connectivity index (χ3n) is 7.00. The van der Waals surface area contributed by atoms with Crippen LogP contribution in [0.4, 0.5) is 0 Å². The van der Waals surface area contributed by atoms with Gasteiger partial charge >= 0.3 is 68.3 Å². The van der Waals surface area contributed by atoms with Gasteiger partial charge in [-0.1, -0.05) is 36.4 Å². The van der Waals surface area contributed by atoms with E-state index in [1.807, 2.05) is 0 Å². The zero-order chi connectivity index (χ0) is 58.8. The molecular weight excluding hydrogens is 1380 g/mol. The van der Waals surface area contributed by atoms with E-state index in [-0.39, 0.29) is 112 Å². The second kappa shape index (κ2) is 60.3. The van der Waals surface area contributed by atoms with E-state index in [1.54, 1.807) is 0 Å². The third kappa shape index (κ3) is 44.7. The van der Waals surface area contributed by atoms with E-state index < -0.39 is 140 Å². The molecule has 40 nitrogen and oxygen atoms in total. The molecule has 6 heterocycles. The second-order valence-corrected chi connectivity index (χ2v) is 11.9. The number of carbonyl (C=O) groups is 12. The van der Waals surface area contributed by atoms with E-state index in [4.69, 9.17) is 10.2 Å². The fraction of sp³-hybridized carbons (Fsp3) is 0.0455. The molecule has 0 aliphatic rings. The minimum atomic E-state index is -1.52. The van der Waals surface area contributed by atoms with Crippen LogP contribution >= 0.6 is 0 Å². The van der Waals surface area contributed by atoms with Gasteiger partial charge in [-0.05, 0) is 72.8 Å². The standard InChI is InChI=1S/6C7H5NO4.2CH4O.4Mn.8H2O/c6*9-6(10)4-2-1-3-5(8-4)7(11)12;2*1-2;;;;;;;;;;;;/h6*1-3H,(H,9,10)(H,11,12);2*2H,1H3;;;;;8*1H2/q;;;;;;;;2*+2;2*+3;;;;;;;;/p-10. The Balaban J connectivity index is -0.0000000599. The average Bonchev–Trinajstić information content (AvgIpc) is 3.40. The molecule has 0 aliphatic heterocycles. The summed E-state index contributed by atoms with van der Waals surface area (Å²) >= 11 is 0. The van der Waals surface area contributed by atoms with Crippen LogP contribution in [-0.4, -0.2) is 159 Å². The molecule has 0 aromatic carbocycles. The van der Waals surface area contributed by atoms with Crippen LogP contribution in [0.25, 0.3) is 0 Å². The summed E-state index contributed by atoms with van der Waals surface area (Å²) in [4.78, 5) is 142. The molecule has 0 saturated carbocycles. The van der Waals surface area contributed by atoms with E-state index in [9.17, 15) is 119 Å². The number of aliphatic hydroxyl groups excluding tert-OH is 2. The predicted molar refractivity (Wildman–Crippen MR) is 245 cm³/mol. The predicted octanol–water partition coefficient (Wildman–Crippen LogP) is -20.7. The molecule has 6 aromatic heterocycles. The molecule has 2 radical (unpaired) electrons. The first-order valence-corrected chi connectivity index (χ1v) is 18.9. The van der Waals surface area contributed by atoms with E-state index in [2.05, 4.69) is 29.9 Å². The number of nitrogens with zero attached hydrogens (tertiary/aromatic N) is 6. The van der Waals surface area contributed by atoms with Crippen molar-refractivity contribution in [2.45, 2.75) is 0 Å². The summed E-state index contributed by atoms with van der Waals surface area (Å²) in [6, 6.07) is 21.2. The van der Waals surface area contributed by atoms with Crippen molar-refractivity contribution in [1.29, 1.82) is 0 Å². The Kier molecular flexibility index (Phi) is 77.6. The van der Waals surface area contributed by atoms with Crippen LogP contribution in [0, 0.1) is 0 Å². The summed E-state index contributed by atoms with van der Waals surface area (Å²) < 4.78 is 0. The largest absolute Gasteiger partial charge is 3.00 e. The Labute approximate surface area is 531 Å². The summed E-state index contributed by atoms with van der Waals surface area (Å²) in [5, 5.41) is 136. The van der Waals surface area contributed by atoms with Gasteiger partial charge < -0.3 is 173 Å². The molecule has 0 spiro atoms. The average molecular weight is 1420 g/mol. The Morgan fingerprint density at radius 3 is 0.330 bits per heavy atom. The van der Waals surface area contributed by atoms with Gasteiger partial charge in [-0.2, -0.15) is 0 Å². The Morgan fingerprint density at radius 2 is 0.284 bits per heavy atom. The van der Waals surface area contributed by atoms with Crippen molar-refractivity contribution in [3.05, 3.63) is 178 Å². The van der Waals surface area contributed by atoms with Gasteiger partial charge in [0.05, 0.1) is 140 Å². The molecule has 6 rings (SSSR count). The molecule has 88 heavy (non-hydrogen) atoms. The maximum atomic E-state index is 10.2. The number of pyridine rings is 6. The van der Waals surface area contributed by atoms with Gasteiger partial charge in [0, 0.05) is 14.2 Å². The van der Waals surface area contributed by atoms with Crippen LogP contribution in [0.5, 0.6) is 0 Å². The number of hydrogen-bond acceptors (Lipinski definition) is 32. The van der Waals surface area contributed by atoms with Crippen molar-refractivity contribution in [1.82, 2.24) is 29.9 Å². The van der Waals surface area contributed by atoms with E-state index >= 15 is 0 Å². The molecule has 44 heteroatoms. The number of aromatic nitrogens is 6. The van der Waals surface area contributed by atoms with Gasteiger partial charge in [-0.25, -0.2) is 29.9 Å². The molecule has 0 aliphatic carbocycles. The normalized spacial score (nSPS) is 7.77. The maximum absolute atomic E-state index is 10.2. The molecule has 0 unspecified atom stereocenters. The van der Waals surface area contributed by atoms with Gasteiger partial charge in [0.1, 0.15) is 0 Å². The summed E-state index contributed by atoms with van der Waals surface area (Å²) in [6.45, 7) is 0. The van der Waals surface area contributed by atoms with Crippen LogP contribution in [0.3, 0.4) is 0 Å². The van der Waals surface area contributed by atoms with E-state index in [1.165, 1.54) is 36.4 Å². The summed E-state index contributed by atoms with van der Waals surface area (Å²) in [6.07, 6.45) is 0. The zero-order valence-electron chi connectivity index (χ0n) is 43.4. The van der Waals surface area contributed by atoms with Crippen LogP contribution in [0.2, 0.25) is 0 Å². The van der Waals surface area contributed by atoms with Crippen LogP contribution < -0.4 is 61.3 Å². The summed E-state index contributed by atoms with van der Waals surface area (Å²) in [5.41, 5.74) is -5.04. The fourth-order valence-electron chi connectivity index (χ4n) is 3.97. The molecular formula is C44H44Mn4N6O34. The topological polar surface area (TPSA) is 854 Å². The molecule has 0 bridgehead atoms. The first kappa shape index (κ1) is 113. The van der Waals surface area contributed by atoms with Gasteiger partial charge in [-0.3, -0.25) is 0 Å². The smallest absolute Gasteiger partial charge is 0.543 e. The zero-order valence-corrected chi connectivity index (χ0v) is 48.2. The number of carbonyl (C=O) groups excluding carboxylic acids is 12. The number of aromatic carboxylic acids is 12. The number of carboxylic acid groups (broad SMARTS) is 12. The first-order valence-electron chi connectivity index (χ1n) is 18.9. The molecule has 0 fully saturated rings. The van der Waals surface area contributed by atoms with Crippen LogP contribution in [-0.2, 0) is 79.2 Å². The van der Waals surface area contributed by atoms with Gasteiger partial charge in [-0.15, -0.1) is 0 Å². The molecule has 0 saturated heterocycles. The monoisotopic (exact) mass is 1420 g/mol. The molecule has 0 atom stereocenters. The van der Waals surface area contributed by atoms with Crippen LogP contribution in [0.15, 0.2) is 109 Å². The molecule has 0 amide bonds. The maximum Gasteiger partial charge on any atom is 3.00 e. The van der Waals surface area contributed by atoms with Crippen LogP contribution in [0.1, 0.15) is 126 Å². The van der Waals surface area contributed by atoms with Crippen molar-refractivity contribution >= 4 is 71.6 Å². The number of rotatable bonds is 12. The fourth-order valence-corrected chi connectivity index (χ4v) is 3.97. The Bertz CT molecular complexity index is 2390. The number of hydrogen-bond donors (Lipinski definition) is 2. The van der Waals surface area contributed by atoms with Gasteiger partial charge in [0.15, 0.2) is 0 Å². The minimum Gasteiger partial charge on any atom is -0.543 e. The van der Waals surface area contributed by atoms with E-state index in [0.717, 1.165) is 87.0 Å². The van der Waals surface area contributed by atoms with Crippen molar-refractivity contribution < 1.29 is 241 Å². The van der Waals surface area contributed by atoms with Crippen molar-refractivity contribution in [2.24, 2.45) is 0 Å². The number of carboxylic acids is 12. The molecule has 6 aromatic rings. The van der Waals surface area contributed by atoms with E-state index in [0.29, 0.717) is 0 Å². The quantitative estimate of drug-likeness (QED) is 0.0848. The van der Waals surface area contributed by atoms with Gasteiger partial charge in [0.2, 0.25) is 0 Å². The molecule has 20 N–H and O–H groups in total. The van der Waals surface area contributed by atoms with Gasteiger partial charge in [0.25, 0.3) is 0 Å². The Morgan fingerprint density at radius 1 is 0.227 bits per heavy atom. The van der Waals surface area contributed by atoms with Crippen molar-refractivity contribution in [2.75, 3.05) is 14.2 Å². The second-order valence-electron chi connectivity index (χ2n) is 11.9. The molecule has 482 valence electrons. The van der Waals surface area contributed by atoms with Crippen molar-refractivity contribution in [3.63, 3.8) is 0 Å².